The summed E-state index contributed by atoms with van der Waals surface area (Å²) < 4.78 is 14.3. The molecule has 1 fully saturated rings. The lowest BCUT2D eigenvalue weighted by molar-refractivity contribution is -0.142. The number of fused-ring (bicyclic) bond motifs is 4. The number of carbonyl (C=O) groups is 1. The van der Waals surface area contributed by atoms with Crippen LogP contribution in [0.25, 0.3) is 10.9 Å². The number of nitrogens with one attached hydrogen (secondary N) is 1. The van der Waals surface area contributed by atoms with E-state index in [1.165, 1.54) is 22.7 Å². The lowest BCUT2D eigenvalue weighted by atomic mass is 9.65. The van der Waals surface area contributed by atoms with E-state index >= 15 is 0 Å². The third-order valence-corrected chi connectivity index (χ3v) is 9.00. The number of hydrogen-bond donors (Lipinski definition) is 1. The third-order valence-electron chi connectivity index (χ3n) is 9.00. The van der Waals surface area contributed by atoms with E-state index in [-0.39, 0.29) is 17.3 Å². The molecule has 0 radical (unpaired) electrons. The fraction of sp³-hybridized carbons (Fsp3) is 0.344. The fourth-order valence-corrected chi connectivity index (χ4v) is 7.03. The first-order chi connectivity index (χ1) is 17.9. The average molecular weight is 496 g/mol. The van der Waals surface area contributed by atoms with Crippen molar-refractivity contribution < 1.29 is 9.18 Å². The van der Waals surface area contributed by atoms with E-state index in [0.717, 1.165) is 55.3 Å². The van der Waals surface area contributed by atoms with Crippen LogP contribution in [-0.2, 0) is 28.7 Å². The van der Waals surface area contributed by atoms with Crippen LogP contribution in [0.3, 0.4) is 0 Å². The number of aromatic nitrogens is 1. The van der Waals surface area contributed by atoms with Crippen LogP contribution in [0.4, 0.5) is 4.39 Å². The van der Waals surface area contributed by atoms with Crippen LogP contribution < -0.4 is 0 Å². The van der Waals surface area contributed by atoms with Crippen LogP contribution in [0, 0.1) is 5.82 Å². The van der Waals surface area contributed by atoms with E-state index < -0.39 is 5.54 Å². The summed E-state index contributed by atoms with van der Waals surface area (Å²) in [6.45, 7) is 0.718. The summed E-state index contributed by atoms with van der Waals surface area (Å²) in [6, 6.07) is 25.6. The molecule has 1 amide bonds. The highest BCUT2D eigenvalue weighted by molar-refractivity contribution is 5.87. The Bertz CT molecular complexity index is 1430. The Morgan fingerprint density at radius 2 is 1.68 bits per heavy atom. The Labute approximate surface area is 218 Å². The Kier molecular flexibility index (Phi) is 5.91. The number of para-hydroxylation sites is 1. The van der Waals surface area contributed by atoms with E-state index in [9.17, 15) is 9.18 Å². The maximum atomic E-state index is 14.3. The number of amides is 1. The van der Waals surface area contributed by atoms with Gasteiger partial charge in [-0.3, -0.25) is 9.69 Å². The maximum Gasteiger partial charge on any atom is 0.227 e. The topological polar surface area (TPSA) is 39.3 Å². The number of halogens is 1. The standard InChI is InChI=1S/C32H34FN3O/c1-35(2)31(24-11-8-12-25(33)22-24)16-18-32(19-17-31)30-27(26-13-6-7-14-28(26)34-30)15-20-36(32)29(37)21-23-9-4-3-5-10-23/h3-14,22,34H,15-21H2,1-2H3. The summed E-state index contributed by atoms with van der Waals surface area (Å²) in [5.41, 5.74) is 5.08. The van der Waals surface area contributed by atoms with Crippen LogP contribution in [0.1, 0.15) is 48.1 Å². The number of H-pyrrole nitrogens is 1. The molecule has 2 heterocycles. The van der Waals surface area contributed by atoms with Gasteiger partial charge in [0.2, 0.25) is 5.91 Å². The van der Waals surface area contributed by atoms with Gasteiger partial charge in [0.05, 0.1) is 12.0 Å². The van der Waals surface area contributed by atoms with Crippen LogP contribution >= 0.6 is 0 Å². The molecule has 0 saturated heterocycles. The minimum Gasteiger partial charge on any atom is -0.356 e. The molecule has 0 atom stereocenters. The molecule has 1 aromatic heterocycles. The highest BCUT2D eigenvalue weighted by Gasteiger charge is 2.52. The molecule has 2 aliphatic rings. The lowest BCUT2D eigenvalue weighted by Crippen LogP contribution is -2.58. The van der Waals surface area contributed by atoms with Gasteiger partial charge in [0.25, 0.3) is 0 Å². The third kappa shape index (κ3) is 3.88. The highest BCUT2D eigenvalue weighted by atomic mass is 19.1. The normalized spacial score (nSPS) is 23.5. The van der Waals surface area contributed by atoms with Gasteiger partial charge in [-0.1, -0.05) is 60.7 Å². The zero-order valence-electron chi connectivity index (χ0n) is 21.6. The maximum absolute atomic E-state index is 14.3. The number of hydrogen-bond acceptors (Lipinski definition) is 2. The van der Waals surface area contributed by atoms with Gasteiger partial charge in [-0.15, -0.1) is 0 Å². The van der Waals surface area contributed by atoms with Crippen LogP contribution in [0.2, 0.25) is 0 Å². The first-order valence-corrected chi connectivity index (χ1v) is 13.3. The molecule has 37 heavy (non-hydrogen) atoms. The first kappa shape index (κ1) is 23.9. The molecular weight excluding hydrogens is 461 g/mol. The predicted molar refractivity (Wildman–Crippen MR) is 146 cm³/mol. The second-order valence-corrected chi connectivity index (χ2v) is 10.9. The van der Waals surface area contributed by atoms with Crippen molar-refractivity contribution in [3.05, 3.63) is 107 Å². The zero-order valence-corrected chi connectivity index (χ0v) is 21.6. The first-order valence-electron chi connectivity index (χ1n) is 13.3. The summed E-state index contributed by atoms with van der Waals surface area (Å²) in [5, 5.41) is 1.27. The number of nitrogens with zero attached hydrogens (tertiary/aromatic N) is 2. The summed E-state index contributed by atoms with van der Waals surface area (Å²) in [4.78, 5) is 22.1. The van der Waals surface area contributed by atoms with Gasteiger partial charge in [-0.2, -0.15) is 0 Å². The van der Waals surface area contributed by atoms with Gasteiger partial charge in [0, 0.05) is 28.7 Å². The van der Waals surface area contributed by atoms with E-state index in [1.54, 1.807) is 6.07 Å². The second-order valence-electron chi connectivity index (χ2n) is 10.9. The largest absolute Gasteiger partial charge is 0.356 e. The number of carbonyl (C=O) groups excluding carboxylic acids is 1. The van der Waals surface area contributed by atoms with Crippen molar-refractivity contribution in [2.45, 2.75) is 49.6 Å². The monoisotopic (exact) mass is 495 g/mol. The molecule has 1 aliphatic carbocycles. The minimum atomic E-state index is -0.398. The summed E-state index contributed by atoms with van der Waals surface area (Å²) >= 11 is 0. The van der Waals surface area contributed by atoms with Gasteiger partial charge < -0.3 is 9.88 Å². The summed E-state index contributed by atoms with van der Waals surface area (Å²) in [7, 11) is 4.19. The molecule has 4 nitrogen and oxygen atoms in total. The molecule has 4 aromatic rings. The molecule has 3 aromatic carbocycles. The van der Waals surface area contributed by atoms with E-state index in [2.05, 4.69) is 59.2 Å². The average Bonchev–Trinajstić information content (AvgIpc) is 3.30. The van der Waals surface area contributed by atoms with Gasteiger partial charge >= 0.3 is 0 Å². The molecule has 1 N–H and O–H groups in total. The lowest BCUT2D eigenvalue weighted by Gasteiger charge is -2.55. The number of aromatic amines is 1. The zero-order chi connectivity index (χ0) is 25.6. The van der Waals surface area contributed by atoms with Crippen molar-refractivity contribution in [3.8, 4) is 0 Å². The van der Waals surface area contributed by atoms with Crippen LogP contribution in [0.15, 0.2) is 78.9 Å². The molecule has 0 bridgehead atoms. The fourth-order valence-electron chi connectivity index (χ4n) is 7.03. The Hall–Kier alpha value is -3.44. The van der Waals surface area contributed by atoms with E-state index in [1.807, 2.05) is 36.4 Å². The molecule has 6 rings (SSSR count). The van der Waals surface area contributed by atoms with Crippen molar-refractivity contribution in [2.24, 2.45) is 0 Å². The Morgan fingerprint density at radius 3 is 2.41 bits per heavy atom. The quantitative estimate of drug-likeness (QED) is 0.368. The molecule has 1 aliphatic heterocycles. The van der Waals surface area contributed by atoms with Crippen LogP contribution in [-0.4, -0.2) is 41.3 Å². The molecule has 1 saturated carbocycles. The Balaban J connectivity index is 1.42. The smallest absolute Gasteiger partial charge is 0.227 e. The van der Waals surface area contributed by atoms with Crippen molar-refractivity contribution in [3.63, 3.8) is 0 Å². The van der Waals surface area contributed by atoms with Crippen molar-refractivity contribution in [2.75, 3.05) is 20.6 Å². The second kappa shape index (κ2) is 9.14. The molecule has 5 heteroatoms. The molecular formula is C32H34FN3O. The van der Waals surface area contributed by atoms with Crippen molar-refractivity contribution in [1.82, 2.24) is 14.8 Å². The van der Waals surface area contributed by atoms with Crippen molar-refractivity contribution >= 4 is 16.8 Å². The van der Waals surface area contributed by atoms with Gasteiger partial charge in [0.15, 0.2) is 0 Å². The number of rotatable bonds is 4. The van der Waals surface area contributed by atoms with Crippen molar-refractivity contribution in [1.29, 1.82) is 0 Å². The van der Waals surface area contributed by atoms with Gasteiger partial charge in [-0.25, -0.2) is 4.39 Å². The SMILES string of the molecule is CN(C)C1(c2cccc(F)c2)CCC2(CC1)c1[nH]c3ccccc3c1CCN2C(=O)Cc1ccccc1. The van der Waals surface area contributed by atoms with Gasteiger partial charge in [-0.05, 0) is 81.1 Å². The van der Waals surface area contributed by atoms with Crippen LogP contribution in [0.5, 0.6) is 0 Å². The highest BCUT2D eigenvalue weighted by Crippen LogP contribution is 2.53. The predicted octanol–water partition coefficient (Wildman–Crippen LogP) is 6.16. The number of benzene rings is 3. The summed E-state index contributed by atoms with van der Waals surface area (Å²) in [5.74, 6) is -0.0205. The van der Waals surface area contributed by atoms with Gasteiger partial charge in [0.1, 0.15) is 5.82 Å². The molecule has 0 unspecified atom stereocenters. The van der Waals surface area contributed by atoms with E-state index in [0.29, 0.717) is 6.42 Å². The molecule has 190 valence electrons. The minimum absolute atomic E-state index is 0.179. The molecule has 1 spiro atoms. The Morgan fingerprint density at radius 1 is 0.946 bits per heavy atom. The van der Waals surface area contributed by atoms with E-state index in [4.69, 9.17) is 0 Å². The summed E-state index contributed by atoms with van der Waals surface area (Å²) in [6.07, 6.45) is 4.58.